The van der Waals surface area contributed by atoms with Gasteiger partial charge in [-0.1, -0.05) is 18.2 Å². The summed E-state index contributed by atoms with van der Waals surface area (Å²) in [6, 6.07) is 17.1. The maximum atomic E-state index is 12.6. The number of nitrogens with zero attached hydrogens (tertiary/aromatic N) is 3. The zero-order valence-electron chi connectivity index (χ0n) is 17.1. The second-order valence-corrected chi connectivity index (χ2v) is 6.78. The van der Waals surface area contributed by atoms with Gasteiger partial charge in [0.2, 0.25) is 5.95 Å². The molecular formula is C22H25N5O2. The van der Waals surface area contributed by atoms with E-state index in [-0.39, 0.29) is 5.91 Å². The number of ether oxygens (including phenoxy) is 1. The average Bonchev–Trinajstić information content (AvgIpc) is 2.72. The van der Waals surface area contributed by atoms with Gasteiger partial charge in [-0.15, -0.1) is 0 Å². The molecule has 0 aliphatic rings. The Balaban J connectivity index is 1.71. The van der Waals surface area contributed by atoms with Gasteiger partial charge in [-0.05, 0) is 43.3 Å². The molecule has 3 aromatic rings. The normalized spacial score (nSPS) is 10.3. The Morgan fingerprint density at radius 3 is 2.48 bits per heavy atom. The first-order chi connectivity index (χ1) is 14.0. The summed E-state index contributed by atoms with van der Waals surface area (Å²) in [6.07, 6.45) is 0. The number of aryl methyl sites for hydroxylation is 1. The van der Waals surface area contributed by atoms with Crippen LogP contribution >= 0.6 is 0 Å². The fraction of sp³-hybridized carbons (Fsp3) is 0.227. The third kappa shape index (κ3) is 5.22. The summed E-state index contributed by atoms with van der Waals surface area (Å²) in [7, 11) is 5.58. The number of rotatable bonds is 7. The van der Waals surface area contributed by atoms with Crippen molar-refractivity contribution >= 4 is 23.2 Å². The van der Waals surface area contributed by atoms with Crippen molar-refractivity contribution in [2.45, 2.75) is 13.5 Å². The van der Waals surface area contributed by atoms with E-state index in [1.165, 1.54) is 0 Å². The highest BCUT2D eigenvalue weighted by Crippen LogP contribution is 2.19. The van der Waals surface area contributed by atoms with Gasteiger partial charge in [0.15, 0.2) is 0 Å². The average molecular weight is 391 g/mol. The van der Waals surface area contributed by atoms with Crippen molar-refractivity contribution in [3.63, 3.8) is 0 Å². The van der Waals surface area contributed by atoms with E-state index in [1.807, 2.05) is 74.4 Å². The second kappa shape index (κ2) is 9.05. The molecule has 1 amide bonds. The molecule has 1 heterocycles. The van der Waals surface area contributed by atoms with Crippen molar-refractivity contribution in [3.8, 4) is 5.75 Å². The monoisotopic (exact) mass is 391 g/mol. The van der Waals surface area contributed by atoms with E-state index >= 15 is 0 Å². The number of hydrogen-bond acceptors (Lipinski definition) is 6. The van der Waals surface area contributed by atoms with Crippen LogP contribution in [0.15, 0.2) is 54.6 Å². The van der Waals surface area contributed by atoms with E-state index in [2.05, 4.69) is 20.6 Å². The van der Waals surface area contributed by atoms with Crippen LogP contribution in [0.3, 0.4) is 0 Å². The molecule has 2 aromatic carbocycles. The van der Waals surface area contributed by atoms with Crippen molar-refractivity contribution in [1.82, 2.24) is 15.3 Å². The summed E-state index contributed by atoms with van der Waals surface area (Å²) in [6.45, 7) is 2.18. The minimum absolute atomic E-state index is 0.271. The maximum absolute atomic E-state index is 12.6. The predicted molar refractivity (Wildman–Crippen MR) is 115 cm³/mol. The smallest absolute Gasteiger partial charge is 0.270 e. The highest BCUT2D eigenvalue weighted by Gasteiger charge is 2.12. The molecule has 0 saturated carbocycles. The Bertz CT molecular complexity index is 987. The van der Waals surface area contributed by atoms with Crippen molar-refractivity contribution in [3.05, 3.63) is 71.5 Å². The van der Waals surface area contributed by atoms with E-state index < -0.39 is 0 Å². The van der Waals surface area contributed by atoms with E-state index in [9.17, 15) is 4.79 Å². The molecule has 7 nitrogen and oxygen atoms in total. The molecule has 29 heavy (non-hydrogen) atoms. The number of para-hydroxylation sites is 1. The van der Waals surface area contributed by atoms with Crippen LogP contribution in [-0.2, 0) is 6.54 Å². The number of methoxy groups -OCH3 is 1. The molecule has 0 fully saturated rings. The van der Waals surface area contributed by atoms with Crippen LogP contribution in [0.2, 0.25) is 0 Å². The molecule has 0 bridgehead atoms. The van der Waals surface area contributed by atoms with E-state index in [0.29, 0.717) is 23.9 Å². The lowest BCUT2D eigenvalue weighted by atomic mass is 10.2. The molecule has 3 rings (SSSR count). The Morgan fingerprint density at radius 1 is 1.07 bits per heavy atom. The molecule has 0 radical (unpaired) electrons. The number of anilines is 3. The first-order valence-electron chi connectivity index (χ1n) is 9.26. The molecule has 7 heteroatoms. The van der Waals surface area contributed by atoms with Crippen LogP contribution in [0.1, 0.15) is 21.7 Å². The number of aromatic nitrogens is 2. The SMILES string of the molecule is COc1ccccc1CNC(=O)c1cc(C)nc(Nc2ccc(N(C)C)cc2)n1. The highest BCUT2D eigenvalue weighted by molar-refractivity contribution is 5.92. The van der Waals surface area contributed by atoms with Gasteiger partial charge in [-0.25, -0.2) is 9.97 Å². The molecule has 0 aliphatic carbocycles. The van der Waals surface area contributed by atoms with E-state index in [0.717, 1.165) is 22.7 Å². The van der Waals surface area contributed by atoms with Crippen LogP contribution in [-0.4, -0.2) is 37.1 Å². The summed E-state index contributed by atoms with van der Waals surface area (Å²) in [5.74, 6) is 0.840. The van der Waals surface area contributed by atoms with Gasteiger partial charge < -0.3 is 20.3 Å². The zero-order chi connectivity index (χ0) is 20.8. The standard InChI is InChI=1S/C22H25N5O2/c1-15-13-19(21(28)23-14-16-7-5-6-8-20(16)29-4)26-22(24-15)25-17-9-11-18(12-10-17)27(2)3/h5-13H,14H2,1-4H3,(H,23,28)(H,24,25,26). The van der Waals surface area contributed by atoms with Crippen LogP contribution < -0.4 is 20.3 Å². The summed E-state index contributed by atoms with van der Waals surface area (Å²) >= 11 is 0. The number of benzene rings is 2. The Morgan fingerprint density at radius 2 is 1.79 bits per heavy atom. The Kier molecular flexibility index (Phi) is 6.29. The van der Waals surface area contributed by atoms with Crippen molar-refractivity contribution in [2.24, 2.45) is 0 Å². The lowest BCUT2D eigenvalue weighted by Gasteiger charge is -2.13. The topological polar surface area (TPSA) is 79.4 Å². The molecule has 1 aromatic heterocycles. The summed E-state index contributed by atoms with van der Waals surface area (Å²) in [4.78, 5) is 23.4. The van der Waals surface area contributed by atoms with Crippen molar-refractivity contribution in [2.75, 3.05) is 31.4 Å². The first kappa shape index (κ1) is 20.1. The van der Waals surface area contributed by atoms with Crippen LogP contribution in [0.5, 0.6) is 5.75 Å². The predicted octanol–water partition coefficient (Wildman–Crippen LogP) is 3.53. The van der Waals surface area contributed by atoms with Gasteiger partial charge in [0.25, 0.3) is 5.91 Å². The minimum Gasteiger partial charge on any atom is -0.496 e. The molecule has 0 spiro atoms. The largest absolute Gasteiger partial charge is 0.496 e. The van der Waals surface area contributed by atoms with Gasteiger partial charge >= 0.3 is 0 Å². The molecule has 0 saturated heterocycles. The maximum Gasteiger partial charge on any atom is 0.270 e. The molecule has 0 aliphatic heterocycles. The summed E-state index contributed by atoms with van der Waals surface area (Å²) in [5.41, 5.74) is 3.85. The van der Waals surface area contributed by atoms with E-state index in [1.54, 1.807) is 13.2 Å². The fourth-order valence-electron chi connectivity index (χ4n) is 2.83. The Hall–Kier alpha value is -3.61. The number of hydrogen-bond donors (Lipinski definition) is 2. The Labute approximate surface area is 170 Å². The number of nitrogens with one attached hydrogen (secondary N) is 2. The fourth-order valence-corrected chi connectivity index (χ4v) is 2.83. The lowest BCUT2D eigenvalue weighted by molar-refractivity contribution is 0.0945. The molecular weight excluding hydrogens is 366 g/mol. The molecule has 0 unspecified atom stereocenters. The number of amides is 1. The van der Waals surface area contributed by atoms with Gasteiger partial charge in [-0.3, -0.25) is 4.79 Å². The van der Waals surface area contributed by atoms with Gasteiger partial charge in [0.05, 0.1) is 7.11 Å². The third-order valence-electron chi connectivity index (χ3n) is 4.36. The molecule has 0 atom stereocenters. The summed E-state index contributed by atoms with van der Waals surface area (Å²) < 4.78 is 5.32. The van der Waals surface area contributed by atoms with Gasteiger partial charge in [0.1, 0.15) is 11.4 Å². The third-order valence-corrected chi connectivity index (χ3v) is 4.36. The minimum atomic E-state index is -0.271. The van der Waals surface area contributed by atoms with E-state index in [4.69, 9.17) is 4.74 Å². The lowest BCUT2D eigenvalue weighted by Crippen LogP contribution is -2.24. The first-order valence-corrected chi connectivity index (χ1v) is 9.26. The zero-order valence-corrected chi connectivity index (χ0v) is 17.1. The van der Waals surface area contributed by atoms with Gasteiger partial charge in [0, 0.05) is 43.3 Å². The van der Waals surface area contributed by atoms with Crippen LogP contribution in [0.4, 0.5) is 17.3 Å². The number of carbonyl (C=O) groups is 1. The van der Waals surface area contributed by atoms with Crippen LogP contribution in [0, 0.1) is 6.92 Å². The summed E-state index contributed by atoms with van der Waals surface area (Å²) in [5, 5.41) is 6.04. The molecule has 150 valence electrons. The number of carbonyl (C=O) groups excluding carboxylic acids is 1. The van der Waals surface area contributed by atoms with Crippen molar-refractivity contribution < 1.29 is 9.53 Å². The molecule has 2 N–H and O–H groups in total. The van der Waals surface area contributed by atoms with Crippen molar-refractivity contribution in [1.29, 1.82) is 0 Å². The highest BCUT2D eigenvalue weighted by atomic mass is 16.5. The van der Waals surface area contributed by atoms with Gasteiger partial charge in [-0.2, -0.15) is 0 Å². The van der Waals surface area contributed by atoms with Crippen LogP contribution in [0.25, 0.3) is 0 Å². The second-order valence-electron chi connectivity index (χ2n) is 6.78. The quantitative estimate of drug-likeness (QED) is 0.641.